The van der Waals surface area contributed by atoms with Gasteiger partial charge in [-0.1, -0.05) is 80.9 Å². The summed E-state index contributed by atoms with van der Waals surface area (Å²) >= 11 is 0. The highest BCUT2D eigenvalue weighted by Gasteiger charge is 2.50. The number of allylic oxidation sites excluding steroid dienone is 4. The molecular weight excluding hydrogens is 500 g/mol. The molecule has 0 radical (unpaired) electrons. The summed E-state index contributed by atoms with van der Waals surface area (Å²) in [5.74, 6) is -0.101. The van der Waals surface area contributed by atoms with Crippen LogP contribution >= 0.6 is 0 Å². The van der Waals surface area contributed by atoms with Crippen LogP contribution in [0.2, 0.25) is 0 Å². The van der Waals surface area contributed by atoms with E-state index < -0.39 is 40.7 Å². The van der Waals surface area contributed by atoms with Crippen LogP contribution < -0.4 is 0 Å². The largest absolute Gasteiger partial charge is 0.228 e. The summed E-state index contributed by atoms with van der Waals surface area (Å²) in [6.45, 7) is 6.01. The van der Waals surface area contributed by atoms with Crippen molar-refractivity contribution in [1.29, 1.82) is 0 Å². The van der Waals surface area contributed by atoms with Gasteiger partial charge in [-0.2, -0.15) is 0 Å². The van der Waals surface area contributed by atoms with E-state index in [1.54, 1.807) is 0 Å². The Morgan fingerprint density at radius 1 is 0.811 bits per heavy atom. The van der Waals surface area contributed by atoms with Gasteiger partial charge in [0.25, 0.3) is 0 Å². The summed E-state index contributed by atoms with van der Waals surface area (Å²) in [5, 5.41) is -1.72. The molecule has 0 aromatic heterocycles. The molecule has 3 aliphatic carbocycles. The van der Waals surface area contributed by atoms with Gasteiger partial charge in [0.1, 0.15) is 0 Å². The highest BCUT2D eigenvalue weighted by atomic mass is 32.2. The van der Waals surface area contributed by atoms with Crippen LogP contribution in [0, 0.1) is 11.8 Å². The zero-order chi connectivity index (χ0) is 26.9. The molecule has 0 aromatic rings. The number of rotatable bonds is 8. The van der Waals surface area contributed by atoms with Crippen molar-refractivity contribution in [3.8, 4) is 0 Å². The Hall–Kier alpha value is -0.880. The lowest BCUT2D eigenvalue weighted by molar-refractivity contribution is 0.208. The van der Waals surface area contributed by atoms with E-state index >= 15 is 0 Å². The molecule has 0 aromatic carbocycles. The molecule has 6 unspecified atom stereocenters. The Bertz CT molecular complexity index is 1000. The fourth-order valence-electron chi connectivity index (χ4n) is 7.19. The Balaban J connectivity index is 1.96. The molecule has 2 fully saturated rings. The lowest BCUT2D eigenvalue weighted by Gasteiger charge is -2.44. The van der Waals surface area contributed by atoms with Crippen LogP contribution in [0.25, 0.3) is 0 Å². The first-order chi connectivity index (χ1) is 17.7. The van der Waals surface area contributed by atoms with Crippen molar-refractivity contribution in [3.05, 3.63) is 36.0 Å². The van der Waals surface area contributed by atoms with Crippen molar-refractivity contribution >= 4 is 19.7 Å². The quantitative estimate of drug-likeness (QED) is 0.287. The van der Waals surface area contributed by atoms with Crippen molar-refractivity contribution in [3.63, 3.8) is 0 Å². The molecule has 0 heterocycles. The molecule has 0 aliphatic heterocycles. The molecule has 2 saturated carbocycles. The summed E-state index contributed by atoms with van der Waals surface area (Å²) in [4.78, 5) is 0. The number of sulfone groups is 2. The van der Waals surface area contributed by atoms with Crippen molar-refractivity contribution in [2.45, 2.75) is 145 Å². The van der Waals surface area contributed by atoms with Crippen molar-refractivity contribution < 1.29 is 16.8 Å². The van der Waals surface area contributed by atoms with E-state index in [0.29, 0.717) is 25.7 Å². The Morgan fingerprint density at radius 2 is 1.41 bits per heavy atom. The van der Waals surface area contributed by atoms with E-state index in [1.165, 1.54) is 24.8 Å². The first-order valence-corrected chi connectivity index (χ1v) is 18.3. The van der Waals surface area contributed by atoms with Gasteiger partial charge in [0.2, 0.25) is 0 Å². The molecule has 3 rings (SSSR count). The minimum absolute atomic E-state index is 0.0454. The fourth-order valence-corrected chi connectivity index (χ4v) is 12.3. The van der Waals surface area contributed by atoms with Gasteiger partial charge >= 0.3 is 0 Å². The standard InChI is InChI=1S/C31H52O4S2/c1-4-16-26(20-15-17-25(2)3)36(32,33)30-23-24-31(37(34,35)27-18-11-10-12-19-27)29-22-14-9-7-5-6-8-13-21-28(29)30/h4,11,16-18,26-31H,5-10,12-15,19-24H2,1-3H3. The number of fused-ring (bicyclic) bond motifs is 1. The number of hydrogen-bond donors (Lipinski definition) is 0. The predicted molar refractivity (Wildman–Crippen MR) is 157 cm³/mol. The van der Waals surface area contributed by atoms with Gasteiger partial charge < -0.3 is 0 Å². The van der Waals surface area contributed by atoms with Gasteiger partial charge in [-0.3, -0.25) is 0 Å². The minimum Gasteiger partial charge on any atom is -0.228 e. The summed E-state index contributed by atoms with van der Waals surface area (Å²) in [5.41, 5.74) is 1.21. The normalized spacial score (nSPS) is 31.3. The van der Waals surface area contributed by atoms with Gasteiger partial charge in [0.05, 0.1) is 21.0 Å². The topological polar surface area (TPSA) is 68.3 Å². The smallest absolute Gasteiger partial charge is 0.159 e. The van der Waals surface area contributed by atoms with Gasteiger partial charge in [-0.05, 0) is 90.4 Å². The van der Waals surface area contributed by atoms with E-state index in [0.717, 1.165) is 57.8 Å². The highest BCUT2D eigenvalue weighted by Crippen LogP contribution is 2.46. The minimum atomic E-state index is -3.43. The molecule has 212 valence electrons. The van der Waals surface area contributed by atoms with Crippen LogP contribution in [-0.4, -0.2) is 37.8 Å². The fraction of sp³-hybridized carbons (Fsp3) is 0.806. The van der Waals surface area contributed by atoms with Gasteiger partial charge in [-0.15, -0.1) is 0 Å². The van der Waals surface area contributed by atoms with Crippen molar-refractivity contribution in [1.82, 2.24) is 0 Å². The SMILES string of the molecule is CC=CC(CCC=C(C)C)S(=O)(=O)C1CCC(S(=O)(=O)C2C=CCCC2)C2CCCCCCCCCC21. The van der Waals surface area contributed by atoms with Crippen molar-refractivity contribution in [2.24, 2.45) is 11.8 Å². The second-order valence-corrected chi connectivity index (χ2v) is 16.8. The zero-order valence-corrected chi connectivity index (χ0v) is 25.2. The van der Waals surface area contributed by atoms with E-state index in [-0.39, 0.29) is 11.8 Å². The molecule has 6 heteroatoms. The maximum Gasteiger partial charge on any atom is 0.159 e. The predicted octanol–water partition coefficient (Wildman–Crippen LogP) is 7.90. The van der Waals surface area contributed by atoms with E-state index in [2.05, 4.69) is 19.9 Å². The molecule has 0 saturated heterocycles. The molecule has 37 heavy (non-hydrogen) atoms. The monoisotopic (exact) mass is 552 g/mol. The van der Waals surface area contributed by atoms with Gasteiger partial charge in [-0.25, -0.2) is 16.8 Å². The Morgan fingerprint density at radius 3 is 1.97 bits per heavy atom. The maximum atomic E-state index is 14.3. The van der Waals surface area contributed by atoms with Crippen LogP contribution in [0.15, 0.2) is 36.0 Å². The Kier molecular flexibility index (Phi) is 12.0. The summed E-state index contributed by atoms with van der Waals surface area (Å²) in [6, 6.07) is 0. The molecule has 4 nitrogen and oxygen atoms in total. The molecule has 0 bridgehead atoms. The van der Waals surface area contributed by atoms with Crippen LogP contribution in [0.5, 0.6) is 0 Å². The van der Waals surface area contributed by atoms with Crippen LogP contribution in [0.1, 0.15) is 124 Å². The lowest BCUT2D eigenvalue weighted by Crippen LogP contribution is -2.50. The highest BCUT2D eigenvalue weighted by molar-refractivity contribution is 7.93. The van der Waals surface area contributed by atoms with Crippen LogP contribution in [-0.2, 0) is 19.7 Å². The lowest BCUT2D eigenvalue weighted by atomic mass is 9.73. The van der Waals surface area contributed by atoms with E-state index in [1.807, 2.05) is 31.2 Å². The maximum absolute atomic E-state index is 14.3. The molecule has 0 spiro atoms. The summed E-state index contributed by atoms with van der Waals surface area (Å²) < 4.78 is 56.5. The third-order valence-corrected chi connectivity index (χ3v) is 14.5. The van der Waals surface area contributed by atoms with E-state index in [9.17, 15) is 16.8 Å². The van der Waals surface area contributed by atoms with Gasteiger partial charge in [0, 0.05) is 0 Å². The number of hydrogen-bond acceptors (Lipinski definition) is 4. The third kappa shape index (κ3) is 8.06. The van der Waals surface area contributed by atoms with Gasteiger partial charge in [0.15, 0.2) is 19.7 Å². The second kappa shape index (κ2) is 14.5. The molecular formula is C31H52O4S2. The Labute approximate surface area is 228 Å². The zero-order valence-electron chi connectivity index (χ0n) is 23.6. The molecule has 0 amide bonds. The first-order valence-electron chi connectivity index (χ1n) is 15.1. The summed E-state index contributed by atoms with van der Waals surface area (Å²) in [6.07, 6.45) is 24.4. The average molecular weight is 553 g/mol. The first kappa shape index (κ1) is 30.7. The molecule has 0 N–H and O–H groups in total. The van der Waals surface area contributed by atoms with Crippen LogP contribution in [0.3, 0.4) is 0 Å². The van der Waals surface area contributed by atoms with Crippen LogP contribution in [0.4, 0.5) is 0 Å². The molecule has 6 atom stereocenters. The third-order valence-electron chi connectivity index (χ3n) is 9.12. The second-order valence-electron chi connectivity index (χ2n) is 12.0. The molecule has 3 aliphatic rings. The van der Waals surface area contributed by atoms with Crippen molar-refractivity contribution in [2.75, 3.05) is 0 Å². The average Bonchev–Trinajstić information content (AvgIpc) is 2.92. The van der Waals surface area contributed by atoms with E-state index in [4.69, 9.17) is 0 Å². The summed E-state index contributed by atoms with van der Waals surface area (Å²) in [7, 11) is -6.77.